The van der Waals surface area contributed by atoms with E-state index in [1.807, 2.05) is 4.90 Å². The van der Waals surface area contributed by atoms with E-state index in [9.17, 15) is 18.0 Å². The number of hydrogen-bond donors (Lipinski definition) is 0. The van der Waals surface area contributed by atoms with Crippen LogP contribution in [0.1, 0.15) is 53.9 Å². The van der Waals surface area contributed by atoms with Crippen LogP contribution in [0.25, 0.3) is 10.6 Å². The number of rotatable bonds is 4. The molecular weight excluding hydrogens is 439 g/mol. The number of nitrogens with zero attached hydrogens (tertiary/aromatic N) is 3. The van der Waals surface area contributed by atoms with E-state index in [-0.39, 0.29) is 11.7 Å². The third-order valence-corrected chi connectivity index (χ3v) is 7.41. The monoisotopic (exact) mass is 467 g/mol. The van der Waals surface area contributed by atoms with Crippen molar-refractivity contribution in [2.75, 3.05) is 26.2 Å². The Morgan fingerprint density at radius 2 is 1.78 bits per heavy atom. The predicted molar refractivity (Wildman–Crippen MR) is 118 cm³/mol. The highest BCUT2D eigenvalue weighted by molar-refractivity contribution is 7.17. The van der Waals surface area contributed by atoms with Gasteiger partial charge in [0.1, 0.15) is 15.6 Å². The molecule has 0 atom stereocenters. The standard InChI is InChI=1S/C23H28F3N3O2S/c1-16-20(32-21(27-16)17-7-6-8-19(15-17)31-23(24,25)26)22(30)29-13-9-18(10-14-29)28-11-4-2-3-5-12-28/h6-8,15,18H,2-5,9-14H2,1H3. The summed E-state index contributed by atoms with van der Waals surface area (Å²) < 4.78 is 41.6. The summed E-state index contributed by atoms with van der Waals surface area (Å²) in [7, 11) is 0. The summed E-state index contributed by atoms with van der Waals surface area (Å²) >= 11 is 1.22. The first-order valence-electron chi connectivity index (χ1n) is 11.2. The lowest BCUT2D eigenvalue weighted by molar-refractivity contribution is -0.274. The van der Waals surface area contributed by atoms with Crippen LogP contribution < -0.4 is 4.74 Å². The summed E-state index contributed by atoms with van der Waals surface area (Å²) in [6.07, 6.45) is 2.35. The molecular formula is C23H28F3N3O2S. The van der Waals surface area contributed by atoms with Crippen molar-refractivity contribution in [3.8, 4) is 16.3 Å². The van der Waals surface area contributed by atoms with Crippen molar-refractivity contribution in [3.63, 3.8) is 0 Å². The summed E-state index contributed by atoms with van der Waals surface area (Å²) in [5, 5.41) is 0.512. The molecule has 0 radical (unpaired) electrons. The molecule has 1 amide bonds. The van der Waals surface area contributed by atoms with Crippen molar-refractivity contribution in [2.24, 2.45) is 0 Å². The summed E-state index contributed by atoms with van der Waals surface area (Å²) in [5.41, 5.74) is 1.10. The SMILES string of the molecule is Cc1nc(-c2cccc(OC(F)(F)F)c2)sc1C(=O)N1CCC(N2CCCCCC2)CC1. The van der Waals surface area contributed by atoms with E-state index in [0.717, 1.165) is 39.0 Å². The van der Waals surface area contributed by atoms with Gasteiger partial charge in [0.25, 0.3) is 5.91 Å². The van der Waals surface area contributed by atoms with Gasteiger partial charge < -0.3 is 14.5 Å². The molecule has 0 N–H and O–H groups in total. The van der Waals surface area contributed by atoms with E-state index in [1.165, 1.54) is 55.2 Å². The lowest BCUT2D eigenvalue weighted by Gasteiger charge is -2.38. The summed E-state index contributed by atoms with van der Waals surface area (Å²) in [4.78, 5) is 22.7. The van der Waals surface area contributed by atoms with Crippen LogP contribution in [0.5, 0.6) is 5.75 Å². The van der Waals surface area contributed by atoms with E-state index < -0.39 is 6.36 Å². The number of amides is 1. The van der Waals surface area contributed by atoms with Gasteiger partial charge in [0.2, 0.25) is 0 Å². The number of thiazole rings is 1. The largest absolute Gasteiger partial charge is 0.573 e. The van der Waals surface area contributed by atoms with Crippen molar-refractivity contribution in [1.82, 2.24) is 14.8 Å². The number of aromatic nitrogens is 1. The Hall–Kier alpha value is -2.13. The minimum Gasteiger partial charge on any atom is -0.406 e. The molecule has 4 rings (SSSR count). The van der Waals surface area contributed by atoms with Crippen LogP contribution in [0.2, 0.25) is 0 Å². The highest BCUT2D eigenvalue weighted by Gasteiger charge is 2.32. The molecule has 2 saturated heterocycles. The second-order valence-electron chi connectivity index (χ2n) is 8.48. The molecule has 0 unspecified atom stereocenters. The molecule has 32 heavy (non-hydrogen) atoms. The smallest absolute Gasteiger partial charge is 0.406 e. The third-order valence-electron chi connectivity index (χ3n) is 6.21. The predicted octanol–water partition coefficient (Wildman–Crippen LogP) is 5.50. The molecule has 3 heterocycles. The molecule has 5 nitrogen and oxygen atoms in total. The van der Waals surface area contributed by atoms with Crippen LogP contribution in [0.15, 0.2) is 24.3 Å². The molecule has 174 valence electrons. The zero-order chi connectivity index (χ0) is 22.7. The average Bonchev–Trinajstić information content (AvgIpc) is 2.96. The van der Waals surface area contributed by atoms with Gasteiger partial charge in [-0.1, -0.05) is 25.0 Å². The van der Waals surface area contributed by atoms with E-state index >= 15 is 0 Å². The van der Waals surface area contributed by atoms with Crippen LogP contribution >= 0.6 is 11.3 Å². The first kappa shape index (κ1) is 23.0. The number of piperidine rings is 1. The number of likely N-dealkylation sites (tertiary alicyclic amines) is 2. The Balaban J connectivity index is 1.42. The lowest BCUT2D eigenvalue weighted by Crippen LogP contribution is -2.47. The topological polar surface area (TPSA) is 45.7 Å². The molecule has 0 spiro atoms. The number of hydrogen-bond acceptors (Lipinski definition) is 5. The fraction of sp³-hybridized carbons (Fsp3) is 0.565. The van der Waals surface area contributed by atoms with Gasteiger partial charge in [0.05, 0.1) is 5.69 Å². The molecule has 9 heteroatoms. The number of alkyl halides is 3. The maximum absolute atomic E-state index is 13.2. The zero-order valence-electron chi connectivity index (χ0n) is 18.2. The molecule has 2 aliphatic rings. The summed E-state index contributed by atoms with van der Waals surface area (Å²) in [6.45, 7) is 5.54. The molecule has 0 saturated carbocycles. The molecule has 2 fully saturated rings. The van der Waals surface area contributed by atoms with Crippen molar-refractivity contribution >= 4 is 17.2 Å². The number of aryl methyl sites for hydroxylation is 1. The van der Waals surface area contributed by atoms with Gasteiger partial charge in [0, 0.05) is 24.7 Å². The molecule has 0 bridgehead atoms. The van der Waals surface area contributed by atoms with E-state index in [0.29, 0.717) is 27.2 Å². The minimum absolute atomic E-state index is 0.0386. The van der Waals surface area contributed by atoms with Gasteiger partial charge in [0.15, 0.2) is 0 Å². The summed E-state index contributed by atoms with van der Waals surface area (Å²) in [5.74, 6) is -0.338. The van der Waals surface area contributed by atoms with Gasteiger partial charge in [-0.15, -0.1) is 24.5 Å². The summed E-state index contributed by atoms with van der Waals surface area (Å²) in [6, 6.07) is 6.25. The number of carbonyl (C=O) groups excluding carboxylic acids is 1. The van der Waals surface area contributed by atoms with Crippen LogP contribution in [0.3, 0.4) is 0 Å². The molecule has 1 aromatic carbocycles. The van der Waals surface area contributed by atoms with Gasteiger partial charge in [-0.25, -0.2) is 4.98 Å². The van der Waals surface area contributed by atoms with E-state index in [1.54, 1.807) is 13.0 Å². The first-order valence-corrected chi connectivity index (χ1v) is 12.0. The highest BCUT2D eigenvalue weighted by Crippen LogP contribution is 2.33. The van der Waals surface area contributed by atoms with Gasteiger partial charge in [-0.2, -0.15) is 0 Å². The van der Waals surface area contributed by atoms with Crippen molar-refractivity contribution in [2.45, 2.75) is 57.9 Å². The third kappa shape index (κ3) is 5.61. The fourth-order valence-corrected chi connectivity index (χ4v) is 5.61. The van der Waals surface area contributed by atoms with Crippen LogP contribution in [0.4, 0.5) is 13.2 Å². The first-order chi connectivity index (χ1) is 15.3. The molecule has 0 aliphatic carbocycles. The fourth-order valence-electron chi connectivity index (χ4n) is 4.58. The normalized spacial score (nSPS) is 19.1. The van der Waals surface area contributed by atoms with Crippen molar-refractivity contribution in [3.05, 3.63) is 34.8 Å². The Labute approximate surface area is 190 Å². The number of benzene rings is 1. The Morgan fingerprint density at radius 1 is 1.09 bits per heavy atom. The second-order valence-corrected chi connectivity index (χ2v) is 9.48. The highest BCUT2D eigenvalue weighted by atomic mass is 32.1. The maximum Gasteiger partial charge on any atom is 0.573 e. The quantitative estimate of drug-likeness (QED) is 0.596. The lowest BCUT2D eigenvalue weighted by atomic mass is 10.0. The number of ether oxygens (including phenoxy) is 1. The average molecular weight is 468 g/mol. The van der Waals surface area contributed by atoms with Crippen LogP contribution in [-0.4, -0.2) is 59.3 Å². The molecule has 2 aromatic rings. The van der Waals surface area contributed by atoms with Crippen LogP contribution in [0, 0.1) is 6.92 Å². The van der Waals surface area contributed by atoms with E-state index in [2.05, 4.69) is 14.6 Å². The Kier molecular flexibility index (Phi) is 7.05. The van der Waals surface area contributed by atoms with Gasteiger partial charge in [-0.3, -0.25) is 4.79 Å². The Morgan fingerprint density at radius 3 is 2.44 bits per heavy atom. The molecule has 1 aromatic heterocycles. The van der Waals surface area contributed by atoms with Crippen molar-refractivity contribution in [1.29, 1.82) is 0 Å². The van der Waals surface area contributed by atoms with Crippen LogP contribution in [-0.2, 0) is 0 Å². The minimum atomic E-state index is -4.75. The number of carbonyl (C=O) groups is 1. The zero-order valence-corrected chi connectivity index (χ0v) is 19.0. The van der Waals surface area contributed by atoms with Gasteiger partial charge >= 0.3 is 6.36 Å². The Bertz CT molecular complexity index is 931. The number of halogens is 3. The second kappa shape index (κ2) is 9.79. The van der Waals surface area contributed by atoms with Crippen molar-refractivity contribution < 1.29 is 22.7 Å². The molecule has 2 aliphatic heterocycles. The van der Waals surface area contributed by atoms with E-state index in [4.69, 9.17) is 0 Å². The van der Waals surface area contributed by atoms with Gasteiger partial charge in [-0.05, 0) is 57.8 Å². The maximum atomic E-state index is 13.2.